The van der Waals surface area contributed by atoms with Crippen molar-refractivity contribution in [1.29, 1.82) is 0 Å². The Morgan fingerprint density at radius 3 is 3.00 bits per heavy atom. The Kier molecular flexibility index (Phi) is 1.51. The maximum atomic E-state index is 12.9. The van der Waals surface area contributed by atoms with Gasteiger partial charge in [-0.25, -0.2) is 14.2 Å². The number of rotatable bonds is 1. The van der Waals surface area contributed by atoms with E-state index in [4.69, 9.17) is 9.52 Å². The number of fused-ring (bicyclic) bond motifs is 1. The van der Waals surface area contributed by atoms with Crippen LogP contribution in [-0.2, 0) is 0 Å². The number of hydrogen-bond acceptors (Lipinski definition) is 3. The molecule has 0 fully saturated rings. The Hall–Kier alpha value is -1.91. The highest BCUT2D eigenvalue weighted by Crippen LogP contribution is 2.20. The third-order valence-corrected chi connectivity index (χ3v) is 1.67. The molecule has 5 heteroatoms. The van der Waals surface area contributed by atoms with Gasteiger partial charge in [-0.05, 0) is 12.1 Å². The Labute approximate surface area is 71.6 Å². The molecule has 1 N–H and O–H groups in total. The highest BCUT2D eigenvalue weighted by molar-refractivity contribution is 5.99. The van der Waals surface area contributed by atoms with Gasteiger partial charge in [0, 0.05) is 0 Å². The third kappa shape index (κ3) is 1.05. The van der Waals surface area contributed by atoms with Crippen LogP contribution in [0.2, 0.25) is 0 Å². The fourth-order valence-electron chi connectivity index (χ4n) is 1.09. The van der Waals surface area contributed by atoms with Crippen molar-refractivity contribution in [3.05, 3.63) is 29.9 Å². The molecule has 0 saturated carbocycles. The number of hydrogen-bond donors (Lipinski definition) is 1. The molecule has 0 atom stereocenters. The molecule has 0 amide bonds. The first-order chi connectivity index (χ1) is 6.20. The summed E-state index contributed by atoms with van der Waals surface area (Å²) in [7, 11) is 0. The molecule has 0 spiro atoms. The molecular formula is C8H4FNO3. The lowest BCUT2D eigenvalue weighted by Crippen LogP contribution is -1.97. The smallest absolute Gasteiger partial charge is 0.339 e. The number of aromatic nitrogens is 1. The SMILES string of the molecule is O=C(O)c1ccc(F)c2ncoc12. The Balaban J connectivity index is 2.86. The number of oxazole rings is 1. The van der Waals surface area contributed by atoms with Gasteiger partial charge in [0.15, 0.2) is 17.8 Å². The van der Waals surface area contributed by atoms with E-state index in [1.54, 1.807) is 0 Å². The van der Waals surface area contributed by atoms with Crippen LogP contribution in [-0.4, -0.2) is 16.1 Å². The molecule has 1 heterocycles. The molecule has 4 nitrogen and oxygen atoms in total. The van der Waals surface area contributed by atoms with Crippen LogP contribution in [0.4, 0.5) is 4.39 Å². The van der Waals surface area contributed by atoms with Crippen LogP contribution in [0.5, 0.6) is 0 Å². The van der Waals surface area contributed by atoms with E-state index in [1.807, 2.05) is 0 Å². The molecule has 0 bridgehead atoms. The van der Waals surface area contributed by atoms with E-state index in [0.717, 1.165) is 18.5 Å². The van der Waals surface area contributed by atoms with Gasteiger partial charge >= 0.3 is 5.97 Å². The summed E-state index contributed by atoms with van der Waals surface area (Å²) in [4.78, 5) is 14.2. The molecule has 0 saturated heterocycles. The van der Waals surface area contributed by atoms with Gasteiger partial charge in [0.05, 0.1) is 0 Å². The number of halogens is 1. The minimum Gasteiger partial charge on any atom is -0.478 e. The number of carbonyl (C=O) groups is 1. The zero-order valence-electron chi connectivity index (χ0n) is 6.32. The highest BCUT2D eigenvalue weighted by Gasteiger charge is 2.14. The molecule has 1 aromatic heterocycles. The number of carboxylic acid groups (broad SMARTS) is 1. The van der Waals surface area contributed by atoms with E-state index in [2.05, 4.69) is 4.98 Å². The summed E-state index contributed by atoms with van der Waals surface area (Å²) in [5.41, 5.74) is -0.179. The van der Waals surface area contributed by atoms with Gasteiger partial charge < -0.3 is 9.52 Å². The standard InChI is InChI=1S/C8H4FNO3/c9-5-2-1-4(8(11)12)7-6(5)10-3-13-7/h1-3H,(H,11,12). The summed E-state index contributed by atoms with van der Waals surface area (Å²) < 4.78 is 17.7. The Bertz CT molecular complexity index is 477. The lowest BCUT2D eigenvalue weighted by molar-refractivity contribution is 0.0698. The highest BCUT2D eigenvalue weighted by atomic mass is 19.1. The molecule has 2 rings (SSSR count). The maximum absolute atomic E-state index is 12.9. The van der Waals surface area contributed by atoms with Gasteiger partial charge in [-0.3, -0.25) is 0 Å². The van der Waals surface area contributed by atoms with E-state index >= 15 is 0 Å². The van der Waals surface area contributed by atoms with Crippen LogP contribution >= 0.6 is 0 Å². The van der Waals surface area contributed by atoms with E-state index in [-0.39, 0.29) is 16.7 Å². The third-order valence-electron chi connectivity index (χ3n) is 1.67. The minimum atomic E-state index is -1.17. The molecule has 13 heavy (non-hydrogen) atoms. The summed E-state index contributed by atoms with van der Waals surface area (Å²) in [5.74, 6) is -1.75. The normalized spacial score (nSPS) is 10.5. The molecule has 0 radical (unpaired) electrons. The van der Waals surface area contributed by atoms with Gasteiger partial charge in [0.25, 0.3) is 0 Å². The molecular weight excluding hydrogens is 177 g/mol. The molecule has 2 aromatic rings. The van der Waals surface area contributed by atoms with Crippen LogP contribution in [0.15, 0.2) is 22.9 Å². The van der Waals surface area contributed by atoms with Crippen LogP contribution in [0.25, 0.3) is 11.1 Å². The topological polar surface area (TPSA) is 63.3 Å². The lowest BCUT2D eigenvalue weighted by atomic mass is 10.2. The second-order valence-electron chi connectivity index (χ2n) is 2.43. The molecule has 0 unspecified atom stereocenters. The summed E-state index contributed by atoms with van der Waals surface area (Å²) in [5, 5.41) is 8.68. The van der Waals surface area contributed by atoms with E-state index in [1.165, 1.54) is 0 Å². The largest absolute Gasteiger partial charge is 0.478 e. The first-order valence-corrected chi connectivity index (χ1v) is 3.45. The summed E-state index contributed by atoms with van der Waals surface area (Å²) in [6, 6.07) is 2.19. The molecule has 66 valence electrons. The minimum absolute atomic E-state index is 0.0347. The fourth-order valence-corrected chi connectivity index (χ4v) is 1.09. The van der Waals surface area contributed by atoms with Crippen molar-refractivity contribution >= 4 is 17.1 Å². The summed E-state index contributed by atoms with van der Waals surface area (Å²) >= 11 is 0. The zero-order chi connectivity index (χ0) is 9.42. The van der Waals surface area contributed by atoms with Gasteiger partial charge in [-0.15, -0.1) is 0 Å². The quantitative estimate of drug-likeness (QED) is 0.726. The fraction of sp³-hybridized carbons (Fsp3) is 0. The van der Waals surface area contributed by atoms with E-state index < -0.39 is 11.8 Å². The number of nitrogens with zero attached hydrogens (tertiary/aromatic N) is 1. The second kappa shape index (κ2) is 2.55. The lowest BCUT2D eigenvalue weighted by Gasteiger charge is -1.94. The Morgan fingerprint density at radius 1 is 1.54 bits per heavy atom. The van der Waals surface area contributed by atoms with E-state index in [0.29, 0.717) is 0 Å². The van der Waals surface area contributed by atoms with Gasteiger partial charge in [0.1, 0.15) is 11.1 Å². The van der Waals surface area contributed by atoms with Crippen molar-refractivity contribution < 1.29 is 18.7 Å². The first-order valence-electron chi connectivity index (χ1n) is 3.45. The average molecular weight is 181 g/mol. The zero-order valence-corrected chi connectivity index (χ0v) is 6.32. The first kappa shape index (κ1) is 7.72. The van der Waals surface area contributed by atoms with Crippen LogP contribution in [0.1, 0.15) is 10.4 Å². The predicted octanol–water partition coefficient (Wildman–Crippen LogP) is 1.67. The summed E-state index contributed by atoms with van der Waals surface area (Å²) in [6.45, 7) is 0. The Morgan fingerprint density at radius 2 is 2.31 bits per heavy atom. The average Bonchev–Trinajstić information content (AvgIpc) is 2.53. The molecule has 0 aliphatic carbocycles. The second-order valence-corrected chi connectivity index (χ2v) is 2.43. The van der Waals surface area contributed by atoms with Crippen molar-refractivity contribution in [3.63, 3.8) is 0 Å². The van der Waals surface area contributed by atoms with E-state index in [9.17, 15) is 9.18 Å². The number of benzene rings is 1. The molecule has 0 aliphatic heterocycles. The summed E-state index contributed by atoms with van der Waals surface area (Å²) in [6.07, 6.45) is 1.01. The van der Waals surface area contributed by atoms with Gasteiger partial charge in [-0.2, -0.15) is 0 Å². The van der Waals surface area contributed by atoms with Crippen molar-refractivity contribution in [1.82, 2.24) is 4.98 Å². The van der Waals surface area contributed by atoms with Crippen LogP contribution in [0.3, 0.4) is 0 Å². The molecule has 1 aromatic carbocycles. The predicted molar refractivity (Wildman–Crippen MR) is 40.9 cm³/mol. The van der Waals surface area contributed by atoms with Crippen molar-refractivity contribution in [2.75, 3.05) is 0 Å². The van der Waals surface area contributed by atoms with Gasteiger partial charge in [0.2, 0.25) is 0 Å². The van der Waals surface area contributed by atoms with Crippen molar-refractivity contribution in [2.45, 2.75) is 0 Å². The maximum Gasteiger partial charge on any atom is 0.339 e. The monoisotopic (exact) mass is 181 g/mol. The van der Waals surface area contributed by atoms with Crippen LogP contribution < -0.4 is 0 Å². The molecule has 0 aliphatic rings. The number of carboxylic acids is 1. The van der Waals surface area contributed by atoms with Gasteiger partial charge in [-0.1, -0.05) is 0 Å². The van der Waals surface area contributed by atoms with Crippen LogP contribution in [0, 0.1) is 5.82 Å². The van der Waals surface area contributed by atoms with Crippen molar-refractivity contribution in [3.8, 4) is 0 Å². The van der Waals surface area contributed by atoms with Crippen molar-refractivity contribution in [2.24, 2.45) is 0 Å². The number of aromatic carboxylic acids is 1.